The highest BCUT2D eigenvalue weighted by atomic mass is 32.1. The number of hydrogen-bond acceptors (Lipinski definition) is 3. The molecule has 0 radical (unpaired) electrons. The van der Waals surface area contributed by atoms with E-state index in [4.69, 9.17) is 10.2 Å². The molecule has 1 aromatic heterocycles. The number of rotatable bonds is 3. The molecule has 62 valence electrons. The van der Waals surface area contributed by atoms with E-state index in [1.807, 2.05) is 19.1 Å². The molecule has 0 saturated heterocycles. The van der Waals surface area contributed by atoms with E-state index < -0.39 is 0 Å². The van der Waals surface area contributed by atoms with Crippen molar-refractivity contribution >= 4 is 12.6 Å². The third-order valence-corrected chi connectivity index (χ3v) is 1.82. The van der Waals surface area contributed by atoms with Gasteiger partial charge in [-0.1, -0.05) is 0 Å². The van der Waals surface area contributed by atoms with E-state index in [1.54, 1.807) is 0 Å². The molecular weight excluding hydrogens is 158 g/mol. The summed E-state index contributed by atoms with van der Waals surface area (Å²) in [4.78, 5) is 0. The van der Waals surface area contributed by atoms with Gasteiger partial charge in [-0.15, -0.1) is 0 Å². The Morgan fingerprint density at radius 1 is 1.64 bits per heavy atom. The molecule has 0 amide bonds. The van der Waals surface area contributed by atoms with E-state index in [0.29, 0.717) is 0 Å². The van der Waals surface area contributed by atoms with Gasteiger partial charge in [0.15, 0.2) is 0 Å². The molecule has 0 spiro atoms. The van der Waals surface area contributed by atoms with E-state index in [9.17, 15) is 0 Å². The summed E-state index contributed by atoms with van der Waals surface area (Å²) in [5, 5.41) is 0. The maximum absolute atomic E-state index is 5.78. The van der Waals surface area contributed by atoms with Crippen LogP contribution in [0.3, 0.4) is 0 Å². The number of aryl methyl sites for hydroxylation is 1. The molecule has 0 fully saturated rings. The third-order valence-electron chi connectivity index (χ3n) is 1.57. The molecule has 0 aliphatic rings. The molecule has 2 nitrogen and oxygen atoms in total. The van der Waals surface area contributed by atoms with Crippen molar-refractivity contribution in [2.24, 2.45) is 5.73 Å². The van der Waals surface area contributed by atoms with Crippen LogP contribution in [-0.4, -0.2) is 5.75 Å². The zero-order chi connectivity index (χ0) is 8.27. The van der Waals surface area contributed by atoms with E-state index in [-0.39, 0.29) is 6.04 Å². The zero-order valence-electron chi connectivity index (χ0n) is 6.58. The van der Waals surface area contributed by atoms with Crippen molar-refractivity contribution in [2.45, 2.75) is 19.4 Å². The van der Waals surface area contributed by atoms with Crippen LogP contribution in [-0.2, 0) is 0 Å². The third kappa shape index (κ3) is 2.27. The lowest BCUT2D eigenvalue weighted by Gasteiger charge is -2.04. The highest BCUT2D eigenvalue weighted by Crippen LogP contribution is 2.16. The smallest absolute Gasteiger partial charge is 0.120 e. The highest BCUT2D eigenvalue weighted by Gasteiger charge is 2.07. The summed E-state index contributed by atoms with van der Waals surface area (Å²) in [7, 11) is 0. The molecule has 0 aliphatic carbocycles. The van der Waals surface area contributed by atoms with Crippen LogP contribution in [0.15, 0.2) is 16.5 Å². The van der Waals surface area contributed by atoms with E-state index in [1.165, 1.54) is 0 Å². The summed E-state index contributed by atoms with van der Waals surface area (Å²) in [6, 6.07) is 3.85. The van der Waals surface area contributed by atoms with E-state index in [2.05, 4.69) is 12.6 Å². The lowest BCUT2D eigenvalue weighted by atomic mass is 10.2. The van der Waals surface area contributed by atoms with Gasteiger partial charge in [0, 0.05) is 0 Å². The highest BCUT2D eigenvalue weighted by molar-refractivity contribution is 7.80. The van der Waals surface area contributed by atoms with Gasteiger partial charge in [0.25, 0.3) is 0 Å². The Hall–Kier alpha value is -0.410. The first-order valence-electron chi connectivity index (χ1n) is 3.67. The fourth-order valence-electron chi connectivity index (χ4n) is 0.934. The molecule has 11 heavy (non-hydrogen) atoms. The second-order valence-electron chi connectivity index (χ2n) is 2.57. The van der Waals surface area contributed by atoms with Crippen LogP contribution < -0.4 is 5.73 Å². The Bertz CT molecular complexity index is 222. The second kappa shape index (κ2) is 3.83. The molecule has 3 heteroatoms. The number of nitrogens with two attached hydrogens (primary N) is 1. The Morgan fingerprint density at radius 3 is 2.82 bits per heavy atom. The van der Waals surface area contributed by atoms with Crippen LogP contribution in [0.5, 0.6) is 0 Å². The van der Waals surface area contributed by atoms with Gasteiger partial charge in [-0.3, -0.25) is 0 Å². The first-order valence-corrected chi connectivity index (χ1v) is 4.30. The molecule has 0 saturated carbocycles. The van der Waals surface area contributed by atoms with Crippen LogP contribution in [0.2, 0.25) is 0 Å². The zero-order valence-corrected chi connectivity index (χ0v) is 7.47. The first kappa shape index (κ1) is 8.68. The maximum Gasteiger partial charge on any atom is 0.120 e. The van der Waals surface area contributed by atoms with Gasteiger partial charge in [-0.05, 0) is 31.2 Å². The topological polar surface area (TPSA) is 39.2 Å². The molecular formula is C8H13NOS. The molecule has 1 unspecified atom stereocenters. The fraction of sp³-hybridized carbons (Fsp3) is 0.500. The van der Waals surface area contributed by atoms with Crippen molar-refractivity contribution in [3.63, 3.8) is 0 Å². The molecule has 1 heterocycles. The summed E-state index contributed by atoms with van der Waals surface area (Å²) >= 11 is 4.10. The van der Waals surface area contributed by atoms with Gasteiger partial charge in [-0.25, -0.2) is 0 Å². The second-order valence-corrected chi connectivity index (χ2v) is 3.01. The SMILES string of the molecule is Cc1ccc(C(N)CCS)o1. The maximum atomic E-state index is 5.78. The molecule has 1 aromatic rings. The van der Waals surface area contributed by atoms with Gasteiger partial charge in [-0.2, -0.15) is 12.6 Å². The van der Waals surface area contributed by atoms with Crippen molar-refractivity contribution in [3.05, 3.63) is 23.7 Å². The monoisotopic (exact) mass is 171 g/mol. The Kier molecular flexibility index (Phi) is 3.02. The van der Waals surface area contributed by atoms with Crippen LogP contribution in [0.1, 0.15) is 24.0 Å². The minimum absolute atomic E-state index is 0.00111. The molecule has 0 aliphatic heterocycles. The Balaban J connectivity index is 2.60. The summed E-state index contributed by atoms with van der Waals surface area (Å²) in [6.45, 7) is 1.91. The van der Waals surface area contributed by atoms with Crippen LogP contribution in [0.4, 0.5) is 0 Å². The average molecular weight is 171 g/mol. The predicted molar refractivity (Wildman–Crippen MR) is 48.8 cm³/mol. The summed E-state index contributed by atoms with van der Waals surface area (Å²) < 4.78 is 5.34. The van der Waals surface area contributed by atoms with Crippen LogP contribution in [0, 0.1) is 6.92 Å². The summed E-state index contributed by atoms with van der Waals surface area (Å²) in [5.74, 6) is 2.56. The van der Waals surface area contributed by atoms with E-state index in [0.717, 1.165) is 23.7 Å². The van der Waals surface area contributed by atoms with Crippen molar-refractivity contribution in [2.75, 3.05) is 5.75 Å². The predicted octanol–water partition coefficient (Wildman–Crippen LogP) is 1.91. The van der Waals surface area contributed by atoms with Gasteiger partial charge >= 0.3 is 0 Å². The number of furan rings is 1. The van der Waals surface area contributed by atoms with Crippen molar-refractivity contribution in [1.82, 2.24) is 0 Å². The molecule has 1 atom stereocenters. The molecule has 1 rings (SSSR count). The largest absolute Gasteiger partial charge is 0.465 e. The van der Waals surface area contributed by atoms with Crippen molar-refractivity contribution in [1.29, 1.82) is 0 Å². The Labute approximate surface area is 72.2 Å². The van der Waals surface area contributed by atoms with Crippen molar-refractivity contribution < 1.29 is 4.42 Å². The number of hydrogen-bond donors (Lipinski definition) is 2. The molecule has 2 N–H and O–H groups in total. The van der Waals surface area contributed by atoms with Crippen LogP contribution in [0.25, 0.3) is 0 Å². The van der Waals surface area contributed by atoms with Gasteiger partial charge in [0.05, 0.1) is 6.04 Å². The normalized spacial score (nSPS) is 13.4. The van der Waals surface area contributed by atoms with Gasteiger partial charge in [0.1, 0.15) is 11.5 Å². The summed E-state index contributed by atoms with van der Waals surface area (Å²) in [5.41, 5.74) is 5.78. The van der Waals surface area contributed by atoms with Crippen molar-refractivity contribution in [3.8, 4) is 0 Å². The molecule has 0 aromatic carbocycles. The number of thiol groups is 1. The van der Waals surface area contributed by atoms with Crippen LogP contribution >= 0.6 is 12.6 Å². The first-order chi connectivity index (χ1) is 5.24. The van der Waals surface area contributed by atoms with E-state index >= 15 is 0 Å². The fourth-order valence-corrected chi connectivity index (χ4v) is 1.21. The van der Waals surface area contributed by atoms with Gasteiger partial charge in [0.2, 0.25) is 0 Å². The lowest BCUT2D eigenvalue weighted by molar-refractivity contribution is 0.442. The Morgan fingerprint density at radius 2 is 2.36 bits per heavy atom. The molecule has 0 bridgehead atoms. The average Bonchev–Trinajstić information content (AvgIpc) is 2.36. The van der Waals surface area contributed by atoms with Gasteiger partial charge < -0.3 is 10.2 Å². The summed E-state index contributed by atoms with van der Waals surface area (Å²) in [6.07, 6.45) is 0.857. The minimum atomic E-state index is 0.00111. The minimum Gasteiger partial charge on any atom is -0.465 e. The quantitative estimate of drug-likeness (QED) is 0.682. The standard InChI is InChI=1S/C8H13NOS/c1-6-2-3-8(10-6)7(9)4-5-11/h2-3,7,11H,4-5,9H2,1H3. The lowest BCUT2D eigenvalue weighted by Crippen LogP contribution is -2.09.